The number of hydrogen-bond acceptors (Lipinski definition) is 4. The third kappa shape index (κ3) is 3.75. The Labute approximate surface area is 135 Å². The largest absolute Gasteiger partial charge is 0.469 e. The van der Waals surface area contributed by atoms with Gasteiger partial charge in [0, 0.05) is 0 Å². The van der Waals surface area contributed by atoms with Crippen molar-refractivity contribution in [3.8, 4) is 12.1 Å². The molecule has 0 saturated heterocycles. The molecule has 4 heteroatoms. The van der Waals surface area contributed by atoms with E-state index in [4.69, 9.17) is 10.00 Å². The second kappa shape index (κ2) is 7.24. The Morgan fingerprint density at radius 1 is 1.13 bits per heavy atom. The van der Waals surface area contributed by atoms with E-state index in [1.54, 1.807) is 24.3 Å². The minimum atomic E-state index is -1.07. The minimum Gasteiger partial charge on any atom is -0.469 e. The van der Waals surface area contributed by atoms with Gasteiger partial charge in [0.1, 0.15) is 0 Å². The number of hydrogen-bond donors (Lipinski definition) is 0. The summed E-state index contributed by atoms with van der Waals surface area (Å²) in [5.74, 6) is -0.454. The van der Waals surface area contributed by atoms with Crippen molar-refractivity contribution < 1.29 is 9.53 Å². The summed E-state index contributed by atoms with van der Waals surface area (Å²) in [6, 6.07) is 20.7. The van der Waals surface area contributed by atoms with E-state index in [0.29, 0.717) is 17.5 Å². The van der Waals surface area contributed by atoms with Gasteiger partial charge >= 0.3 is 5.97 Å². The highest BCUT2D eigenvalue weighted by atomic mass is 16.5. The molecule has 4 nitrogen and oxygen atoms in total. The van der Waals surface area contributed by atoms with Crippen LogP contribution in [0.3, 0.4) is 0 Å². The van der Waals surface area contributed by atoms with Gasteiger partial charge in [-0.05, 0) is 29.7 Å². The quantitative estimate of drug-likeness (QED) is 0.795. The molecule has 114 valence electrons. The normalized spacial score (nSPS) is 12.5. The van der Waals surface area contributed by atoms with Gasteiger partial charge in [-0.25, -0.2) is 0 Å². The Morgan fingerprint density at radius 3 is 2.48 bits per heavy atom. The lowest BCUT2D eigenvalue weighted by molar-refractivity contribution is -0.141. The van der Waals surface area contributed by atoms with Crippen LogP contribution in [0.5, 0.6) is 0 Å². The van der Waals surface area contributed by atoms with E-state index < -0.39 is 11.4 Å². The van der Waals surface area contributed by atoms with Crippen molar-refractivity contribution in [2.75, 3.05) is 7.11 Å². The standard InChI is InChI=1S/C19H16N2O2/c1-23-18(22)12-19(14-21,11-15-6-3-2-4-7-15)17-9-5-8-16(10-17)13-20/h2-10H,11-12H2,1H3. The number of benzene rings is 2. The topological polar surface area (TPSA) is 73.9 Å². The number of methoxy groups -OCH3 is 1. The molecule has 23 heavy (non-hydrogen) atoms. The molecule has 2 aromatic carbocycles. The lowest BCUT2D eigenvalue weighted by Crippen LogP contribution is -2.31. The van der Waals surface area contributed by atoms with Crippen molar-refractivity contribution in [3.05, 3.63) is 71.3 Å². The number of carbonyl (C=O) groups excluding carboxylic acids is 1. The summed E-state index contributed by atoms with van der Waals surface area (Å²) in [6.07, 6.45) is 0.304. The molecule has 0 fully saturated rings. The Kier molecular flexibility index (Phi) is 5.12. The maximum absolute atomic E-state index is 11.9. The summed E-state index contributed by atoms with van der Waals surface area (Å²) in [6.45, 7) is 0. The lowest BCUT2D eigenvalue weighted by atomic mass is 9.74. The first-order valence-corrected chi connectivity index (χ1v) is 7.16. The van der Waals surface area contributed by atoms with Crippen molar-refractivity contribution in [1.82, 2.24) is 0 Å². The van der Waals surface area contributed by atoms with Crippen LogP contribution in [0.25, 0.3) is 0 Å². The molecule has 1 atom stereocenters. The van der Waals surface area contributed by atoms with Gasteiger partial charge in [-0.15, -0.1) is 0 Å². The molecule has 0 aliphatic rings. The minimum absolute atomic E-state index is 0.0657. The van der Waals surface area contributed by atoms with Crippen LogP contribution in [0.4, 0.5) is 0 Å². The monoisotopic (exact) mass is 304 g/mol. The fourth-order valence-corrected chi connectivity index (χ4v) is 2.56. The Morgan fingerprint density at radius 2 is 1.87 bits per heavy atom. The SMILES string of the molecule is COC(=O)CC(C#N)(Cc1ccccc1)c1cccc(C#N)c1. The molecule has 0 aliphatic carbocycles. The van der Waals surface area contributed by atoms with Crippen LogP contribution in [0, 0.1) is 22.7 Å². The van der Waals surface area contributed by atoms with Gasteiger partial charge in [-0.2, -0.15) is 10.5 Å². The van der Waals surface area contributed by atoms with Gasteiger partial charge in [0.05, 0.1) is 36.6 Å². The van der Waals surface area contributed by atoms with Gasteiger partial charge in [-0.3, -0.25) is 4.79 Å². The van der Waals surface area contributed by atoms with Crippen molar-refractivity contribution in [2.45, 2.75) is 18.3 Å². The summed E-state index contributed by atoms with van der Waals surface area (Å²) in [5, 5.41) is 19.0. The zero-order chi connectivity index (χ0) is 16.7. The van der Waals surface area contributed by atoms with E-state index in [2.05, 4.69) is 12.1 Å². The van der Waals surface area contributed by atoms with Gasteiger partial charge in [0.2, 0.25) is 0 Å². The predicted octanol–water partition coefficient (Wildman–Crippen LogP) is 3.13. The maximum Gasteiger partial charge on any atom is 0.307 e. The van der Waals surface area contributed by atoms with Crippen LogP contribution < -0.4 is 0 Å². The van der Waals surface area contributed by atoms with Crippen molar-refractivity contribution in [1.29, 1.82) is 10.5 Å². The number of ether oxygens (including phenoxy) is 1. The van der Waals surface area contributed by atoms with E-state index in [0.717, 1.165) is 5.56 Å². The van der Waals surface area contributed by atoms with Gasteiger partial charge in [-0.1, -0.05) is 42.5 Å². The first-order valence-electron chi connectivity index (χ1n) is 7.16. The average molecular weight is 304 g/mol. The van der Waals surface area contributed by atoms with E-state index in [-0.39, 0.29) is 6.42 Å². The molecule has 0 heterocycles. The number of rotatable bonds is 5. The maximum atomic E-state index is 11.9. The zero-order valence-electron chi connectivity index (χ0n) is 12.8. The molecule has 2 rings (SSSR count). The molecule has 0 aromatic heterocycles. The number of esters is 1. The van der Waals surface area contributed by atoms with Crippen LogP contribution in [0.2, 0.25) is 0 Å². The first-order chi connectivity index (χ1) is 11.1. The molecule has 0 spiro atoms. The molecule has 0 aliphatic heterocycles. The molecule has 0 amide bonds. The number of carbonyl (C=O) groups is 1. The molecule has 1 unspecified atom stereocenters. The van der Waals surface area contributed by atoms with Crippen molar-refractivity contribution >= 4 is 5.97 Å². The fourth-order valence-electron chi connectivity index (χ4n) is 2.56. The highest BCUT2D eigenvalue weighted by Gasteiger charge is 2.36. The molecule has 0 radical (unpaired) electrons. The van der Waals surface area contributed by atoms with Crippen LogP contribution >= 0.6 is 0 Å². The summed E-state index contributed by atoms with van der Waals surface area (Å²) in [7, 11) is 1.30. The van der Waals surface area contributed by atoms with Crippen LogP contribution in [0.15, 0.2) is 54.6 Å². The van der Waals surface area contributed by atoms with Crippen LogP contribution in [0.1, 0.15) is 23.1 Å². The van der Waals surface area contributed by atoms with Crippen molar-refractivity contribution in [2.24, 2.45) is 0 Å². The molecular weight excluding hydrogens is 288 g/mol. The lowest BCUT2D eigenvalue weighted by Gasteiger charge is -2.26. The molecule has 2 aromatic rings. The van der Waals surface area contributed by atoms with E-state index in [1.165, 1.54) is 7.11 Å². The second-order valence-corrected chi connectivity index (χ2v) is 5.30. The second-order valence-electron chi connectivity index (χ2n) is 5.30. The fraction of sp³-hybridized carbons (Fsp3) is 0.211. The smallest absolute Gasteiger partial charge is 0.307 e. The highest BCUT2D eigenvalue weighted by molar-refractivity contribution is 5.72. The third-order valence-electron chi connectivity index (χ3n) is 3.78. The van der Waals surface area contributed by atoms with E-state index >= 15 is 0 Å². The molecule has 0 bridgehead atoms. The summed E-state index contributed by atoms with van der Waals surface area (Å²) < 4.78 is 4.77. The van der Waals surface area contributed by atoms with Gasteiger partial charge in [0.25, 0.3) is 0 Å². The third-order valence-corrected chi connectivity index (χ3v) is 3.78. The molecule has 0 saturated carbocycles. The summed E-state index contributed by atoms with van der Waals surface area (Å²) in [5.41, 5.74) is 0.982. The van der Waals surface area contributed by atoms with Crippen LogP contribution in [-0.2, 0) is 21.4 Å². The van der Waals surface area contributed by atoms with Crippen molar-refractivity contribution in [3.63, 3.8) is 0 Å². The number of nitriles is 2. The first kappa shape index (κ1) is 16.3. The molecular formula is C19H16N2O2. The Bertz CT molecular complexity index is 772. The Balaban J connectivity index is 2.51. The van der Waals surface area contributed by atoms with Gasteiger partial charge in [0.15, 0.2) is 0 Å². The van der Waals surface area contributed by atoms with Gasteiger partial charge < -0.3 is 4.74 Å². The Hall–Kier alpha value is -3.11. The molecule has 0 N–H and O–H groups in total. The van der Waals surface area contributed by atoms with Crippen LogP contribution in [-0.4, -0.2) is 13.1 Å². The average Bonchev–Trinajstić information content (AvgIpc) is 2.61. The van der Waals surface area contributed by atoms with E-state index in [9.17, 15) is 10.1 Å². The number of nitrogens with zero attached hydrogens (tertiary/aromatic N) is 2. The summed E-state index contributed by atoms with van der Waals surface area (Å²) in [4.78, 5) is 11.9. The van der Waals surface area contributed by atoms with E-state index in [1.807, 2.05) is 30.3 Å². The predicted molar refractivity (Wildman–Crippen MR) is 85.2 cm³/mol. The highest BCUT2D eigenvalue weighted by Crippen LogP contribution is 2.32. The summed E-state index contributed by atoms with van der Waals surface area (Å²) >= 11 is 0. The zero-order valence-corrected chi connectivity index (χ0v) is 12.8.